The molecule has 1 unspecified atom stereocenters. The summed E-state index contributed by atoms with van der Waals surface area (Å²) in [6.45, 7) is 4.26. The molecule has 106 valence electrons. The van der Waals surface area contributed by atoms with Crippen molar-refractivity contribution in [3.63, 3.8) is 0 Å². The minimum Gasteiger partial charge on any atom is -0.468 e. The summed E-state index contributed by atoms with van der Waals surface area (Å²) < 4.78 is 4.79. The van der Waals surface area contributed by atoms with Crippen molar-refractivity contribution >= 4 is 5.97 Å². The van der Waals surface area contributed by atoms with E-state index in [0.717, 1.165) is 19.5 Å². The molecule has 0 aliphatic rings. The summed E-state index contributed by atoms with van der Waals surface area (Å²) in [4.78, 5) is 17.7. The van der Waals surface area contributed by atoms with Crippen LogP contribution in [-0.4, -0.2) is 55.7 Å². The Bertz CT molecular complexity index is 370. The van der Waals surface area contributed by atoms with Gasteiger partial charge in [0.05, 0.1) is 7.11 Å². The fourth-order valence-electron chi connectivity index (χ4n) is 1.88. The SMILES string of the molecule is CCNC(CN(C)CCc1ccncc1)C(=O)OC. The van der Waals surface area contributed by atoms with Crippen LogP contribution >= 0.6 is 0 Å². The van der Waals surface area contributed by atoms with Gasteiger partial charge in [-0.25, -0.2) is 0 Å². The van der Waals surface area contributed by atoms with Crippen molar-refractivity contribution in [2.24, 2.45) is 0 Å². The molecule has 1 rings (SSSR count). The second kappa shape index (κ2) is 8.61. The number of aromatic nitrogens is 1. The summed E-state index contributed by atoms with van der Waals surface area (Å²) in [5.74, 6) is -0.211. The van der Waals surface area contributed by atoms with Gasteiger partial charge in [0, 0.05) is 25.5 Å². The zero-order valence-corrected chi connectivity index (χ0v) is 11.9. The van der Waals surface area contributed by atoms with Gasteiger partial charge in [-0.05, 0) is 37.7 Å². The molecular weight excluding hydrogens is 242 g/mol. The van der Waals surface area contributed by atoms with E-state index < -0.39 is 0 Å². The summed E-state index contributed by atoms with van der Waals surface area (Å²) in [5.41, 5.74) is 1.25. The van der Waals surface area contributed by atoms with Crippen LogP contribution in [-0.2, 0) is 16.0 Å². The topological polar surface area (TPSA) is 54.5 Å². The molecule has 1 N–H and O–H groups in total. The zero-order chi connectivity index (χ0) is 14.1. The first-order valence-corrected chi connectivity index (χ1v) is 6.56. The van der Waals surface area contributed by atoms with Crippen LogP contribution in [0.3, 0.4) is 0 Å². The molecule has 0 saturated heterocycles. The Hall–Kier alpha value is -1.46. The first-order chi connectivity index (χ1) is 9.17. The van der Waals surface area contributed by atoms with Crippen molar-refractivity contribution < 1.29 is 9.53 Å². The van der Waals surface area contributed by atoms with Crippen molar-refractivity contribution in [1.29, 1.82) is 0 Å². The zero-order valence-electron chi connectivity index (χ0n) is 11.9. The lowest BCUT2D eigenvalue weighted by Gasteiger charge is -2.22. The van der Waals surface area contributed by atoms with E-state index in [1.165, 1.54) is 12.7 Å². The lowest BCUT2D eigenvalue weighted by atomic mass is 10.2. The molecule has 5 heteroatoms. The van der Waals surface area contributed by atoms with Gasteiger partial charge in [0.25, 0.3) is 0 Å². The Morgan fingerprint density at radius 2 is 2.16 bits per heavy atom. The molecule has 19 heavy (non-hydrogen) atoms. The van der Waals surface area contributed by atoms with Gasteiger partial charge in [-0.2, -0.15) is 0 Å². The summed E-state index contributed by atoms with van der Waals surface area (Å²) in [6.07, 6.45) is 4.54. The van der Waals surface area contributed by atoms with E-state index in [9.17, 15) is 4.79 Å². The molecule has 0 aliphatic carbocycles. The third-order valence-electron chi connectivity index (χ3n) is 2.96. The highest BCUT2D eigenvalue weighted by molar-refractivity contribution is 5.75. The molecule has 1 heterocycles. The number of carbonyl (C=O) groups is 1. The third kappa shape index (κ3) is 5.81. The van der Waals surface area contributed by atoms with Crippen LogP contribution in [0.5, 0.6) is 0 Å². The number of hydrogen-bond donors (Lipinski definition) is 1. The van der Waals surface area contributed by atoms with E-state index in [-0.39, 0.29) is 12.0 Å². The Kier molecular flexibility index (Phi) is 7.07. The van der Waals surface area contributed by atoms with E-state index >= 15 is 0 Å². The maximum atomic E-state index is 11.6. The summed E-state index contributed by atoms with van der Waals surface area (Å²) >= 11 is 0. The normalized spacial score (nSPS) is 12.4. The molecule has 0 spiro atoms. The van der Waals surface area contributed by atoms with Crippen LogP contribution in [0.15, 0.2) is 24.5 Å². The van der Waals surface area contributed by atoms with E-state index in [2.05, 4.69) is 15.2 Å². The molecule has 1 atom stereocenters. The van der Waals surface area contributed by atoms with Gasteiger partial charge in [-0.1, -0.05) is 6.92 Å². The third-order valence-corrected chi connectivity index (χ3v) is 2.96. The molecular formula is C14H23N3O2. The van der Waals surface area contributed by atoms with E-state index in [1.54, 1.807) is 12.4 Å². The first kappa shape index (κ1) is 15.6. The number of nitrogens with one attached hydrogen (secondary N) is 1. The van der Waals surface area contributed by atoms with Crippen LogP contribution < -0.4 is 5.32 Å². The van der Waals surface area contributed by atoms with Gasteiger partial charge in [0.1, 0.15) is 6.04 Å². The largest absolute Gasteiger partial charge is 0.468 e. The highest BCUT2D eigenvalue weighted by Crippen LogP contribution is 2.00. The number of ether oxygens (including phenoxy) is 1. The maximum Gasteiger partial charge on any atom is 0.324 e. The van der Waals surface area contributed by atoms with E-state index in [1.807, 2.05) is 26.1 Å². The van der Waals surface area contributed by atoms with Gasteiger partial charge in [-0.3, -0.25) is 9.78 Å². The average Bonchev–Trinajstić information content (AvgIpc) is 2.45. The van der Waals surface area contributed by atoms with Crippen LogP contribution in [0.1, 0.15) is 12.5 Å². The Morgan fingerprint density at radius 1 is 1.47 bits per heavy atom. The van der Waals surface area contributed by atoms with Crippen molar-refractivity contribution in [3.05, 3.63) is 30.1 Å². The van der Waals surface area contributed by atoms with Crippen LogP contribution in [0, 0.1) is 0 Å². The number of methoxy groups -OCH3 is 1. The van der Waals surface area contributed by atoms with Crippen molar-refractivity contribution in [1.82, 2.24) is 15.2 Å². The fraction of sp³-hybridized carbons (Fsp3) is 0.571. The number of pyridine rings is 1. The number of likely N-dealkylation sites (N-methyl/N-ethyl adjacent to an activating group) is 2. The predicted molar refractivity (Wildman–Crippen MR) is 74.9 cm³/mol. The van der Waals surface area contributed by atoms with E-state index in [4.69, 9.17) is 4.74 Å². The highest BCUT2D eigenvalue weighted by atomic mass is 16.5. The summed E-state index contributed by atoms with van der Waals surface area (Å²) in [6, 6.07) is 3.75. The quantitative estimate of drug-likeness (QED) is 0.702. The van der Waals surface area contributed by atoms with Gasteiger partial charge in [-0.15, -0.1) is 0 Å². The number of hydrogen-bond acceptors (Lipinski definition) is 5. The first-order valence-electron chi connectivity index (χ1n) is 6.56. The smallest absolute Gasteiger partial charge is 0.324 e. The molecule has 5 nitrogen and oxygen atoms in total. The molecule has 1 aromatic heterocycles. The molecule has 0 aromatic carbocycles. The van der Waals surface area contributed by atoms with Crippen LogP contribution in [0.2, 0.25) is 0 Å². The lowest BCUT2D eigenvalue weighted by molar-refractivity contribution is -0.143. The monoisotopic (exact) mass is 265 g/mol. The minimum absolute atomic E-state index is 0.211. The summed E-state index contributed by atoms with van der Waals surface area (Å²) in [7, 11) is 3.43. The maximum absolute atomic E-state index is 11.6. The molecule has 0 saturated carbocycles. The highest BCUT2D eigenvalue weighted by Gasteiger charge is 2.19. The molecule has 1 aromatic rings. The number of nitrogens with zero attached hydrogens (tertiary/aromatic N) is 2. The van der Waals surface area contributed by atoms with Gasteiger partial charge < -0.3 is 15.0 Å². The van der Waals surface area contributed by atoms with Crippen molar-refractivity contribution in [2.45, 2.75) is 19.4 Å². The molecule has 0 aliphatic heterocycles. The fourth-order valence-corrected chi connectivity index (χ4v) is 1.88. The van der Waals surface area contributed by atoms with Crippen molar-refractivity contribution in [2.75, 3.05) is 33.8 Å². The second-order valence-corrected chi connectivity index (χ2v) is 4.50. The van der Waals surface area contributed by atoms with Gasteiger partial charge >= 0.3 is 5.97 Å². The molecule has 0 radical (unpaired) electrons. The number of carbonyl (C=O) groups excluding carboxylic acids is 1. The summed E-state index contributed by atoms with van der Waals surface area (Å²) in [5, 5.41) is 3.14. The van der Waals surface area contributed by atoms with Crippen LogP contribution in [0.4, 0.5) is 0 Å². The molecule has 0 amide bonds. The predicted octanol–water partition coefficient (Wildman–Crippen LogP) is 0.707. The number of rotatable bonds is 8. The lowest BCUT2D eigenvalue weighted by Crippen LogP contribution is -2.46. The van der Waals surface area contributed by atoms with Crippen molar-refractivity contribution in [3.8, 4) is 0 Å². The Balaban J connectivity index is 2.40. The van der Waals surface area contributed by atoms with Gasteiger partial charge in [0.15, 0.2) is 0 Å². The average molecular weight is 265 g/mol. The van der Waals surface area contributed by atoms with E-state index in [0.29, 0.717) is 6.54 Å². The Labute approximate surface area is 115 Å². The molecule has 0 fully saturated rings. The standard InChI is InChI=1S/C14H23N3O2/c1-4-16-13(14(18)19-3)11-17(2)10-7-12-5-8-15-9-6-12/h5-6,8-9,13,16H,4,7,10-11H2,1-3H3. The minimum atomic E-state index is -0.266. The second-order valence-electron chi connectivity index (χ2n) is 4.50. The van der Waals surface area contributed by atoms with Gasteiger partial charge in [0.2, 0.25) is 0 Å². The molecule has 0 bridgehead atoms. The number of esters is 1. The Morgan fingerprint density at radius 3 is 2.74 bits per heavy atom. The van der Waals surface area contributed by atoms with Crippen LogP contribution in [0.25, 0.3) is 0 Å².